The molecular formula is C12H14F4N2O. The lowest BCUT2D eigenvalue weighted by atomic mass is 10.1. The molecule has 1 heterocycles. The molecule has 0 saturated carbocycles. The van der Waals surface area contributed by atoms with Crippen LogP contribution in [0.3, 0.4) is 0 Å². The number of halogens is 4. The average Bonchev–Trinajstić information content (AvgIpc) is 2.31. The topological polar surface area (TPSA) is 38.5 Å². The summed E-state index contributed by atoms with van der Waals surface area (Å²) in [4.78, 5) is 1.71. The first kappa shape index (κ1) is 13.9. The maximum atomic E-state index is 13.4. The Bertz CT molecular complexity index is 476. The predicted octanol–water partition coefficient (Wildman–Crippen LogP) is 2.65. The number of nitrogens with zero attached hydrogens (tertiary/aromatic N) is 1. The Balaban J connectivity index is 2.39. The summed E-state index contributed by atoms with van der Waals surface area (Å²) in [6, 6.07) is 2.02. The van der Waals surface area contributed by atoms with Crippen LogP contribution in [0.25, 0.3) is 0 Å². The molecule has 1 aliphatic rings. The van der Waals surface area contributed by atoms with Crippen LogP contribution in [0.2, 0.25) is 0 Å². The summed E-state index contributed by atoms with van der Waals surface area (Å²) in [6.45, 7) is 3.14. The third kappa shape index (κ3) is 2.91. The second-order valence-electron chi connectivity index (χ2n) is 4.52. The van der Waals surface area contributed by atoms with Gasteiger partial charge in [0.2, 0.25) is 0 Å². The lowest BCUT2D eigenvalue weighted by Gasteiger charge is -2.33. The van der Waals surface area contributed by atoms with E-state index in [1.807, 2.05) is 6.92 Å². The van der Waals surface area contributed by atoms with E-state index < -0.39 is 23.2 Å². The largest absolute Gasteiger partial charge is 0.419 e. The molecule has 2 rings (SSSR count). The maximum Gasteiger partial charge on any atom is 0.419 e. The van der Waals surface area contributed by atoms with Gasteiger partial charge in [0.05, 0.1) is 24.0 Å². The molecule has 1 saturated heterocycles. The highest BCUT2D eigenvalue weighted by Crippen LogP contribution is 2.36. The Morgan fingerprint density at radius 3 is 2.63 bits per heavy atom. The van der Waals surface area contributed by atoms with Crippen molar-refractivity contribution in [2.24, 2.45) is 0 Å². The van der Waals surface area contributed by atoms with Crippen molar-refractivity contribution < 1.29 is 22.3 Å². The highest BCUT2D eigenvalue weighted by atomic mass is 19.4. The zero-order valence-electron chi connectivity index (χ0n) is 10.3. The van der Waals surface area contributed by atoms with E-state index in [-0.39, 0.29) is 11.8 Å². The molecule has 1 fully saturated rings. The van der Waals surface area contributed by atoms with Crippen molar-refractivity contribution in [2.45, 2.75) is 19.2 Å². The van der Waals surface area contributed by atoms with Crippen LogP contribution in [0.5, 0.6) is 0 Å². The van der Waals surface area contributed by atoms with Gasteiger partial charge in [0.1, 0.15) is 0 Å². The Morgan fingerprint density at radius 1 is 1.37 bits per heavy atom. The fraction of sp³-hybridized carbons (Fsp3) is 0.500. The molecule has 0 radical (unpaired) electrons. The van der Waals surface area contributed by atoms with Gasteiger partial charge >= 0.3 is 6.18 Å². The number of rotatable bonds is 1. The van der Waals surface area contributed by atoms with E-state index >= 15 is 0 Å². The van der Waals surface area contributed by atoms with Gasteiger partial charge in [-0.05, 0) is 19.1 Å². The molecular weight excluding hydrogens is 264 g/mol. The van der Waals surface area contributed by atoms with E-state index in [1.54, 1.807) is 4.90 Å². The minimum Gasteiger partial charge on any atom is -0.396 e. The van der Waals surface area contributed by atoms with Crippen LogP contribution >= 0.6 is 0 Å². The van der Waals surface area contributed by atoms with E-state index in [1.165, 1.54) is 6.07 Å². The molecule has 1 aromatic carbocycles. The quantitative estimate of drug-likeness (QED) is 0.634. The number of anilines is 2. The first-order valence-corrected chi connectivity index (χ1v) is 5.82. The number of benzene rings is 1. The van der Waals surface area contributed by atoms with E-state index in [0.29, 0.717) is 19.7 Å². The summed E-state index contributed by atoms with van der Waals surface area (Å²) in [5.74, 6) is -1.42. The summed E-state index contributed by atoms with van der Waals surface area (Å²) in [5.41, 5.74) is 3.76. The van der Waals surface area contributed by atoms with Crippen LogP contribution in [0, 0.1) is 5.82 Å². The molecule has 1 aliphatic heterocycles. The van der Waals surface area contributed by atoms with Gasteiger partial charge in [-0.15, -0.1) is 0 Å². The van der Waals surface area contributed by atoms with Crippen LogP contribution in [-0.2, 0) is 10.9 Å². The Kier molecular flexibility index (Phi) is 3.58. The number of hydrogen-bond donors (Lipinski definition) is 1. The Hall–Kier alpha value is -1.50. The fourth-order valence-electron chi connectivity index (χ4n) is 2.07. The van der Waals surface area contributed by atoms with Crippen LogP contribution in [-0.4, -0.2) is 25.8 Å². The van der Waals surface area contributed by atoms with Crippen molar-refractivity contribution in [1.82, 2.24) is 0 Å². The maximum absolute atomic E-state index is 13.4. The van der Waals surface area contributed by atoms with Gasteiger partial charge in [0.15, 0.2) is 5.82 Å². The smallest absolute Gasteiger partial charge is 0.396 e. The SMILES string of the molecule is C[C@@H]1CN(c2cc(N)c(F)c(C(F)(F)F)c2)CCO1. The van der Waals surface area contributed by atoms with Crippen molar-refractivity contribution >= 4 is 11.4 Å². The molecule has 19 heavy (non-hydrogen) atoms. The molecule has 0 spiro atoms. The molecule has 0 bridgehead atoms. The minimum absolute atomic E-state index is 0.0886. The number of nitrogen functional groups attached to an aromatic ring is 1. The van der Waals surface area contributed by atoms with E-state index in [0.717, 1.165) is 6.07 Å². The van der Waals surface area contributed by atoms with Gasteiger partial charge in [0.25, 0.3) is 0 Å². The number of alkyl halides is 3. The van der Waals surface area contributed by atoms with Gasteiger partial charge in [0, 0.05) is 18.8 Å². The van der Waals surface area contributed by atoms with Crippen LogP contribution < -0.4 is 10.6 Å². The molecule has 0 aliphatic carbocycles. The zero-order chi connectivity index (χ0) is 14.2. The fourth-order valence-corrected chi connectivity index (χ4v) is 2.07. The Labute approximate surface area is 107 Å². The van der Waals surface area contributed by atoms with E-state index in [9.17, 15) is 17.6 Å². The first-order chi connectivity index (χ1) is 8.79. The second-order valence-corrected chi connectivity index (χ2v) is 4.52. The summed E-state index contributed by atoms with van der Waals surface area (Å²) in [7, 11) is 0. The van der Waals surface area contributed by atoms with Gasteiger partial charge in [-0.2, -0.15) is 13.2 Å². The summed E-state index contributed by atoms with van der Waals surface area (Å²) >= 11 is 0. The van der Waals surface area contributed by atoms with Gasteiger partial charge < -0.3 is 15.4 Å². The first-order valence-electron chi connectivity index (χ1n) is 5.82. The molecule has 2 N–H and O–H groups in total. The third-order valence-corrected chi connectivity index (χ3v) is 3.00. The highest BCUT2D eigenvalue weighted by molar-refractivity contribution is 5.60. The Morgan fingerprint density at radius 2 is 2.05 bits per heavy atom. The number of nitrogens with two attached hydrogens (primary N) is 1. The average molecular weight is 278 g/mol. The minimum atomic E-state index is -4.76. The van der Waals surface area contributed by atoms with Crippen molar-refractivity contribution in [1.29, 1.82) is 0 Å². The van der Waals surface area contributed by atoms with Crippen LogP contribution in [0.4, 0.5) is 28.9 Å². The molecule has 1 atom stereocenters. The molecule has 0 aromatic heterocycles. The molecule has 0 amide bonds. The number of hydrogen-bond acceptors (Lipinski definition) is 3. The number of morpholine rings is 1. The molecule has 1 aromatic rings. The van der Waals surface area contributed by atoms with Crippen molar-refractivity contribution in [3.8, 4) is 0 Å². The zero-order valence-corrected chi connectivity index (χ0v) is 10.3. The molecule has 7 heteroatoms. The van der Waals surface area contributed by atoms with Gasteiger partial charge in [-0.3, -0.25) is 0 Å². The van der Waals surface area contributed by atoms with E-state index in [2.05, 4.69) is 0 Å². The molecule has 106 valence electrons. The normalized spacial score (nSPS) is 20.7. The summed E-state index contributed by atoms with van der Waals surface area (Å²) < 4.78 is 56.9. The standard InChI is InChI=1S/C12H14F4N2O/c1-7-6-18(2-3-19-7)8-4-9(12(14,15)16)11(13)10(17)5-8/h4-5,7H,2-3,6,17H2,1H3/t7-/m1/s1. The number of ether oxygens (including phenoxy) is 1. The highest BCUT2D eigenvalue weighted by Gasteiger charge is 2.36. The van der Waals surface area contributed by atoms with Crippen molar-refractivity contribution in [3.05, 3.63) is 23.5 Å². The second kappa shape index (κ2) is 4.88. The monoisotopic (exact) mass is 278 g/mol. The van der Waals surface area contributed by atoms with Crippen molar-refractivity contribution in [3.63, 3.8) is 0 Å². The van der Waals surface area contributed by atoms with Crippen molar-refractivity contribution in [2.75, 3.05) is 30.3 Å². The summed E-state index contributed by atoms with van der Waals surface area (Å²) in [5, 5.41) is 0. The van der Waals surface area contributed by atoms with Crippen LogP contribution in [0.1, 0.15) is 12.5 Å². The van der Waals surface area contributed by atoms with Crippen LogP contribution in [0.15, 0.2) is 12.1 Å². The lowest BCUT2D eigenvalue weighted by molar-refractivity contribution is -0.139. The van der Waals surface area contributed by atoms with E-state index in [4.69, 9.17) is 10.5 Å². The van der Waals surface area contributed by atoms with Gasteiger partial charge in [-0.1, -0.05) is 0 Å². The summed E-state index contributed by atoms with van der Waals surface area (Å²) in [6.07, 6.45) is -4.85. The predicted molar refractivity (Wildman–Crippen MR) is 63.4 cm³/mol. The molecule has 3 nitrogen and oxygen atoms in total. The van der Waals surface area contributed by atoms with Gasteiger partial charge in [-0.25, -0.2) is 4.39 Å². The lowest BCUT2D eigenvalue weighted by Crippen LogP contribution is -2.41. The third-order valence-electron chi connectivity index (χ3n) is 3.00. The molecule has 0 unspecified atom stereocenters.